The third-order valence-electron chi connectivity index (χ3n) is 2.31. The van der Waals surface area contributed by atoms with Crippen molar-refractivity contribution >= 4 is 16.0 Å². The van der Waals surface area contributed by atoms with E-state index in [4.69, 9.17) is 5.11 Å². The van der Waals surface area contributed by atoms with Crippen LogP contribution in [0.4, 0.5) is 0 Å². The normalized spacial score (nSPS) is 13.1. The van der Waals surface area contributed by atoms with Gasteiger partial charge in [0.1, 0.15) is 6.04 Å². The van der Waals surface area contributed by atoms with Gasteiger partial charge in [0.15, 0.2) is 0 Å². The van der Waals surface area contributed by atoms with Gasteiger partial charge in [0.25, 0.3) is 0 Å². The number of ether oxygens (including phenoxy) is 1. The zero-order valence-corrected chi connectivity index (χ0v) is 11.3. The van der Waals surface area contributed by atoms with Crippen LogP contribution in [-0.4, -0.2) is 50.0 Å². The number of aryl methyl sites for hydroxylation is 1. The molecule has 0 fully saturated rings. The van der Waals surface area contributed by atoms with Crippen molar-refractivity contribution in [1.29, 1.82) is 0 Å². The molecular formula is C11H16N2O5S. The minimum absolute atomic E-state index is 0.218. The predicted molar refractivity (Wildman–Crippen MR) is 68.2 cm³/mol. The maximum atomic E-state index is 11.7. The summed E-state index contributed by atoms with van der Waals surface area (Å²) < 4.78 is 30.2. The second kappa shape index (κ2) is 7.17. The number of sulfonamides is 1. The molecule has 0 aliphatic rings. The molecular weight excluding hydrogens is 272 g/mol. The Bertz CT molecular complexity index is 503. The summed E-state index contributed by atoms with van der Waals surface area (Å²) in [5.41, 5.74) is 0.631. The average molecular weight is 288 g/mol. The largest absolute Gasteiger partial charge is 0.480 e. The highest BCUT2D eigenvalue weighted by Gasteiger charge is 2.23. The van der Waals surface area contributed by atoms with Crippen LogP contribution in [0.25, 0.3) is 0 Å². The zero-order valence-electron chi connectivity index (χ0n) is 10.4. The summed E-state index contributed by atoms with van der Waals surface area (Å²) in [4.78, 5) is 14.8. The summed E-state index contributed by atoms with van der Waals surface area (Å²) in [6, 6.07) is 3.92. The molecule has 0 radical (unpaired) electrons. The number of carboxylic acids is 1. The number of pyridine rings is 1. The third kappa shape index (κ3) is 5.77. The number of rotatable bonds is 8. The van der Waals surface area contributed by atoms with E-state index in [0.29, 0.717) is 5.69 Å². The summed E-state index contributed by atoms with van der Waals surface area (Å²) in [6.45, 7) is -0.224. The molecule has 106 valence electrons. The van der Waals surface area contributed by atoms with Gasteiger partial charge in [-0.1, -0.05) is 6.07 Å². The van der Waals surface area contributed by atoms with E-state index in [-0.39, 0.29) is 18.8 Å². The van der Waals surface area contributed by atoms with Crippen LogP contribution >= 0.6 is 0 Å². The van der Waals surface area contributed by atoms with E-state index in [1.165, 1.54) is 7.11 Å². The van der Waals surface area contributed by atoms with Crippen molar-refractivity contribution in [3.05, 3.63) is 30.1 Å². The Morgan fingerprint density at radius 2 is 2.26 bits per heavy atom. The lowest BCUT2D eigenvalue weighted by Gasteiger charge is -2.13. The fraction of sp³-hybridized carbons (Fsp3) is 0.455. The van der Waals surface area contributed by atoms with Gasteiger partial charge >= 0.3 is 5.97 Å². The second-order valence-corrected chi connectivity index (χ2v) is 5.73. The van der Waals surface area contributed by atoms with Gasteiger partial charge in [0, 0.05) is 25.4 Å². The molecule has 1 aromatic rings. The number of nitrogens with one attached hydrogen (secondary N) is 1. The Hall–Kier alpha value is -1.51. The number of carboxylic acid groups (broad SMARTS) is 1. The number of aromatic nitrogens is 1. The number of nitrogens with zero attached hydrogens (tertiary/aromatic N) is 1. The van der Waals surface area contributed by atoms with E-state index in [0.717, 1.165) is 0 Å². The number of carbonyl (C=O) groups is 1. The fourth-order valence-electron chi connectivity index (χ4n) is 1.38. The van der Waals surface area contributed by atoms with Crippen LogP contribution in [-0.2, 0) is 26.0 Å². The first kappa shape index (κ1) is 15.5. The van der Waals surface area contributed by atoms with E-state index in [9.17, 15) is 13.2 Å². The molecule has 7 nitrogen and oxygen atoms in total. The Balaban J connectivity index is 2.58. The quantitative estimate of drug-likeness (QED) is 0.677. The Morgan fingerprint density at radius 1 is 1.53 bits per heavy atom. The molecule has 0 saturated carbocycles. The minimum Gasteiger partial charge on any atom is -0.480 e. The number of hydrogen-bond acceptors (Lipinski definition) is 5. The second-order valence-electron chi connectivity index (χ2n) is 3.85. The van der Waals surface area contributed by atoms with Gasteiger partial charge < -0.3 is 9.84 Å². The number of methoxy groups -OCH3 is 1. The summed E-state index contributed by atoms with van der Waals surface area (Å²) >= 11 is 0. The topological polar surface area (TPSA) is 106 Å². The molecule has 1 atom stereocenters. The van der Waals surface area contributed by atoms with E-state index < -0.39 is 22.0 Å². The first-order valence-corrected chi connectivity index (χ1v) is 7.21. The van der Waals surface area contributed by atoms with Gasteiger partial charge in [0.2, 0.25) is 10.0 Å². The molecule has 0 aliphatic heterocycles. The van der Waals surface area contributed by atoms with Crippen molar-refractivity contribution in [2.24, 2.45) is 0 Å². The first-order chi connectivity index (χ1) is 8.94. The molecule has 19 heavy (non-hydrogen) atoms. The molecule has 1 aromatic heterocycles. The lowest BCUT2D eigenvalue weighted by Crippen LogP contribution is -2.44. The molecule has 1 unspecified atom stereocenters. The predicted octanol–water partition coefficient (Wildman–Crippen LogP) is -0.357. The molecule has 1 heterocycles. The van der Waals surface area contributed by atoms with Crippen LogP contribution in [0, 0.1) is 0 Å². The van der Waals surface area contributed by atoms with Crippen LogP contribution in [0.15, 0.2) is 24.4 Å². The molecule has 0 amide bonds. The SMILES string of the molecule is COCC(NS(=O)(=O)CCc1ccccn1)C(=O)O. The van der Waals surface area contributed by atoms with Crippen molar-refractivity contribution in [2.45, 2.75) is 12.5 Å². The Morgan fingerprint density at radius 3 is 2.79 bits per heavy atom. The summed E-state index contributed by atoms with van der Waals surface area (Å²) in [7, 11) is -2.39. The van der Waals surface area contributed by atoms with Gasteiger partial charge in [-0.2, -0.15) is 4.72 Å². The van der Waals surface area contributed by atoms with Crippen LogP contribution in [0.2, 0.25) is 0 Å². The van der Waals surface area contributed by atoms with Gasteiger partial charge in [-0.3, -0.25) is 9.78 Å². The Labute approximate surface area is 111 Å². The maximum Gasteiger partial charge on any atom is 0.324 e. The molecule has 2 N–H and O–H groups in total. The first-order valence-electron chi connectivity index (χ1n) is 5.56. The van der Waals surface area contributed by atoms with Gasteiger partial charge in [-0.05, 0) is 12.1 Å². The summed E-state index contributed by atoms with van der Waals surface area (Å²) in [5, 5.41) is 8.83. The van der Waals surface area contributed by atoms with Crippen molar-refractivity contribution in [2.75, 3.05) is 19.5 Å². The lowest BCUT2D eigenvalue weighted by molar-refractivity contribution is -0.140. The van der Waals surface area contributed by atoms with Crippen molar-refractivity contribution in [3.8, 4) is 0 Å². The van der Waals surface area contributed by atoms with Crippen LogP contribution in [0.3, 0.4) is 0 Å². The van der Waals surface area contributed by atoms with Crippen molar-refractivity contribution in [1.82, 2.24) is 9.71 Å². The molecule has 0 saturated heterocycles. The highest BCUT2D eigenvalue weighted by Crippen LogP contribution is 1.99. The fourth-order valence-corrected chi connectivity index (χ4v) is 2.58. The molecule has 1 rings (SSSR count). The van der Waals surface area contributed by atoms with E-state index >= 15 is 0 Å². The van der Waals surface area contributed by atoms with Crippen LogP contribution in [0.5, 0.6) is 0 Å². The molecule has 0 bridgehead atoms. The standard InChI is InChI=1S/C11H16N2O5S/c1-18-8-10(11(14)15)13-19(16,17)7-5-9-4-2-3-6-12-9/h2-4,6,10,13H,5,7-8H2,1H3,(H,14,15). The monoisotopic (exact) mass is 288 g/mol. The highest BCUT2D eigenvalue weighted by atomic mass is 32.2. The Kier molecular flexibility index (Phi) is 5.87. The van der Waals surface area contributed by atoms with Gasteiger partial charge in [0.05, 0.1) is 12.4 Å². The number of aliphatic carboxylic acids is 1. The third-order valence-corrected chi connectivity index (χ3v) is 3.69. The van der Waals surface area contributed by atoms with E-state index in [1.54, 1.807) is 24.4 Å². The summed E-state index contributed by atoms with van der Waals surface area (Å²) in [5.74, 6) is -1.50. The highest BCUT2D eigenvalue weighted by molar-refractivity contribution is 7.89. The molecule has 0 aliphatic carbocycles. The van der Waals surface area contributed by atoms with Crippen LogP contribution in [0.1, 0.15) is 5.69 Å². The van der Waals surface area contributed by atoms with E-state index in [2.05, 4.69) is 14.4 Å². The van der Waals surface area contributed by atoms with Gasteiger partial charge in [-0.25, -0.2) is 8.42 Å². The lowest BCUT2D eigenvalue weighted by atomic mass is 10.3. The summed E-state index contributed by atoms with van der Waals surface area (Å²) in [6.07, 6.45) is 1.79. The van der Waals surface area contributed by atoms with E-state index in [1.807, 2.05) is 0 Å². The smallest absolute Gasteiger partial charge is 0.324 e. The van der Waals surface area contributed by atoms with Gasteiger partial charge in [-0.15, -0.1) is 0 Å². The minimum atomic E-state index is -3.70. The van der Waals surface area contributed by atoms with Crippen molar-refractivity contribution < 1.29 is 23.1 Å². The zero-order chi connectivity index (χ0) is 14.3. The molecule has 0 spiro atoms. The average Bonchev–Trinajstić information content (AvgIpc) is 2.37. The maximum absolute atomic E-state index is 11.7. The molecule has 0 aromatic carbocycles. The number of hydrogen-bond donors (Lipinski definition) is 2. The van der Waals surface area contributed by atoms with Crippen LogP contribution < -0.4 is 4.72 Å². The van der Waals surface area contributed by atoms with Crippen molar-refractivity contribution in [3.63, 3.8) is 0 Å². The molecule has 8 heteroatoms.